The Morgan fingerprint density at radius 1 is 1.62 bits per heavy atom. The summed E-state index contributed by atoms with van der Waals surface area (Å²) in [6.45, 7) is 0. The number of aromatic nitrogens is 1. The van der Waals surface area contributed by atoms with E-state index >= 15 is 0 Å². The second-order valence-electron chi connectivity index (χ2n) is 1.10. The largest absolute Gasteiger partial charge is 1.00 e. The van der Waals surface area contributed by atoms with E-state index < -0.39 is 0 Å². The van der Waals surface area contributed by atoms with Crippen molar-refractivity contribution in [1.82, 2.24) is 4.98 Å². The van der Waals surface area contributed by atoms with Crippen molar-refractivity contribution in [3.05, 3.63) is 30.3 Å². The molecule has 0 unspecified atom stereocenters. The zero-order valence-corrected chi connectivity index (χ0v) is 4.56. The summed E-state index contributed by atoms with van der Waals surface area (Å²) in [7, 11) is 0. The monoisotopic (exact) mass is 103 g/mol. The van der Waals surface area contributed by atoms with Crippen LogP contribution in [-0.2, 0) is 0 Å². The molecule has 1 aromatic rings. The summed E-state index contributed by atoms with van der Waals surface area (Å²) >= 11 is 0. The molecular weight excluding hydrogens is 100 g/mol. The minimum absolute atomic E-state index is 0. The summed E-state index contributed by atoms with van der Waals surface area (Å²) < 4.78 is 11.8. The molecule has 1 nitrogen and oxygen atoms in total. The van der Waals surface area contributed by atoms with Crippen molar-refractivity contribution in [3.8, 4) is 0 Å². The van der Waals surface area contributed by atoms with Crippen molar-refractivity contribution in [2.45, 2.75) is 0 Å². The summed E-state index contributed by atoms with van der Waals surface area (Å²) in [6, 6.07) is 3.70. The number of halogens is 1. The summed E-state index contributed by atoms with van der Waals surface area (Å²) in [6.07, 6.45) is 2.54. The van der Waals surface area contributed by atoms with Crippen LogP contribution in [0, 0.1) is 11.9 Å². The van der Waals surface area contributed by atoms with E-state index in [1.807, 2.05) is 0 Å². The van der Waals surface area contributed by atoms with E-state index in [4.69, 9.17) is 0 Å². The molecule has 0 aliphatic carbocycles. The zero-order chi connectivity index (χ0) is 5.11. The maximum Gasteiger partial charge on any atom is 1.00 e. The van der Waals surface area contributed by atoms with Gasteiger partial charge in [-0.2, -0.15) is 6.07 Å². The van der Waals surface area contributed by atoms with Crippen LogP contribution in [0.5, 0.6) is 0 Å². The van der Waals surface area contributed by atoms with Gasteiger partial charge in [0.15, 0.2) is 0 Å². The van der Waals surface area contributed by atoms with E-state index in [0.717, 1.165) is 6.20 Å². The third-order valence-corrected chi connectivity index (χ3v) is 0.568. The van der Waals surface area contributed by atoms with Crippen LogP contribution in [0.2, 0.25) is 0 Å². The van der Waals surface area contributed by atoms with Gasteiger partial charge in [0.25, 0.3) is 0 Å². The Balaban J connectivity index is 0.000000490. The number of rotatable bonds is 0. The molecule has 0 amide bonds. The minimum atomic E-state index is -0.345. The molecule has 0 bridgehead atoms. The molecule has 3 heteroatoms. The van der Waals surface area contributed by atoms with Crippen LogP contribution >= 0.6 is 0 Å². The molecule has 1 heterocycles. The summed E-state index contributed by atoms with van der Waals surface area (Å²) in [5.41, 5.74) is 0. The first-order valence-electron chi connectivity index (χ1n) is 1.86. The van der Waals surface area contributed by atoms with Crippen LogP contribution < -0.4 is 18.9 Å². The SMILES string of the molecule is Fc1c[c-]cnc1.[Li+]. The summed E-state index contributed by atoms with van der Waals surface area (Å²) in [5, 5.41) is 0. The van der Waals surface area contributed by atoms with Crippen LogP contribution in [0.1, 0.15) is 0 Å². The van der Waals surface area contributed by atoms with Crippen molar-refractivity contribution < 1.29 is 23.3 Å². The first-order valence-corrected chi connectivity index (χ1v) is 1.86. The molecule has 8 heavy (non-hydrogen) atoms. The van der Waals surface area contributed by atoms with Gasteiger partial charge in [-0.15, -0.1) is 0 Å². The third kappa shape index (κ3) is 2.11. The van der Waals surface area contributed by atoms with Crippen molar-refractivity contribution in [2.24, 2.45) is 0 Å². The van der Waals surface area contributed by atoms with E-state index in [0.29, 0.717) is 0 Å². The molecule has 0 saturated carbocycles. The van der Waals surface area contributed by atoms with Crippen molar-refractivity contribution >= 4 is 0 Å². The Hall–Kier alpha value is -0.323. The molecule has 0 N–H and O–H groups in total. The Morgan fingerprint density at radius 2 is 2.38 bits per heavy atom. The molecule has 0 fully saturated rings. The Bertz CT molecular complexity index is 142. The van der Waals surface area contributed by atoms with Gasteiger partial charge in [-0.3, -0.25) is 0 Å². The molecule has 0 radical (unpaired) electrons. The molecule has 0 aromatic carbocycles. The van der Waals surface area contributed by atoms with Crippen molar-refractivity contribution in [3.63, 3.8) is 0 Å². The van der Waals surface area contributed by atoms with Crippen LogP contribution in [-0.4, -0.2) is 4.98 Å². The van der Waals surface area contributed by atoms with E-state index in [1.165, 1.54) is 12.3 Å². The van der Waals surface area contributed by atoms with Gasteiger partial charge in [0.1, 0.15) is 0 Å². The number of nitrogens with zero attached hydrogens (tertiary/aromatic N) is 1. The third-order valence-electron chi connectivity index (χ3n) is 0.568. The minimum Gasteiger partial charge on any atom is -0.319 e. The Labute approximate surface area is 59.1 Å². The maximum atomic E-state index is 11.8. The van der Waals surface area contributed by atoms with Crippen molar-refractivity contribution in [1.29, 1.82) is 0 Å². The fourth-order valence-corrected chi connectivity index (χ4v) is 0.306. The molecule has 0 aliphatic rings. The van der Waals surface area contributed by atoms with Gasteiger partial charge < -0.3 is 9.37 Å². The second-order valence-corrected chi connectivity index (χ2v) is 1.10. The first-order chi connectivity index (χ1) is 3.39. The molecule has 0 aliphatic heterocycles. The number of hydrogen-bond donors (Lipinski definition) is 0. The first kappa shape index (κ1) is 7.68. The van der Waals surface area contributed by atoms with Crippen LogP contribution in [0.3, 0.4) is 0 Å². The van der Waals surface area contributed by atoms with E-state index in [1.54, 1.807) is 0 Å². The molecule has 36 valence electrons. The van der Waals surface area contributed by atoms with Gasteiger partial charge in [-0.25, -0.2) is 6.07 Å². The predicted octanol–water partition coefficient (Wildman–Crippen LogP) is -1.98. The maximum absolute atomic E-state index is 11.8. The van der Waals surface area contributed by atoms with Gasteiger partial charge in [0.05, 0.1) is 0 Å². The quantitative estimate of drug-likeness (QED) is 0.274. The van der Waals surface area contributed by atoms with Crippen LogP contribution in [0.25, 0.3) is 0 Å². The van der Waals surface area contributed by atoms with E-state index in [2.05, 4.69) is 11.1 Å². The van der Waals surface area contributed by atoms with E-state index in [9.17, 15) is 4.39 Å². The van der Waals surface area contributed by atoms with Gasteiger partial charge in [0.2, 0.25) is 0 Å². The molecule has 1 rings (SSSR count). The predicted molar refractivity (Wildman–Crippen MR) is 23.0 cm³/mol. The van der Waals surface area contributed by atoms with Crippen LogP contribution in [0.15, 0.2) is 18.5 Å². The normalized spacial score (nSPS) is 7.62. The Kier molecular flexibility index (Phi) is 3.50. The molecule has 0 atom stereocenters. The number of hydrogen-bond acceptors (Lipinski definition) is 1. The standard InChI is InChI=1S/C5H3FN.Li/c6-5-2-1-3-7-4-5;/h2-4H;/q-1;+1. The van der Waals surface area contributed by atoms with Crippen LogP contribution in [0.4, 0.5) is 4.39 Å². The average molecular weight is 103 g/mol. The zero-order valence-electron chi connectivity index (χ0n) is 4.56. The molecule has 0 spiro atoms. The van der Waals surface area contributed by atoms with Gasteiger partial charge in [-0.05, 0) is 12.0 Å². The fourth-order valence-electron chi connectivity index (χ4n) is 0.306. The fraction of sp³-hybridized carbons (Fsp3) is 0. The average Bonchev–Trinajstić information content (AvgIpc) is 1.69. The second kappa shape index (κ2) is 3.65. The summed E-state index contributed by atoms with van der Waals surface area (Å²) in [5.74, 6) is -0.345. The summed E-state index contributed by atoms with van der Waals surface area (Å²) in [4.78, 5) is 3.45. The van der Waals surface area contributed by atoms with Crippen molar-refractivity contribution in [2.75, 3.05) is 0 Å². The number of pyridine rings is 1. The smallest absolute Gasteiger partial charge is 0.319 e. The molecule has 1 aromatic heterocycles. The molecule has 0 saturated heterocycles. The van der Waals surface area contributed by atoms with Gasteiger partial charge in [-0.1, -0.05) is 6.20 Å². The topological polar surface area (TPSA) is 12.9 Å². The van der Waals surface area contributed by atoms with E-state index in [-0.39, 0.29) is 24.7 Å². The van der Waals surface area contributed by atoms with Gasteiger partial charge >= 0.3 is 18.9 Å². The molecular formula is C5H3FLiN. The van der Waals surface area contributed by atoms with Gasteiger partial charge in [0, 0.05) is 0 Å². The Morgan fingerprint density at radius 3 is 2.62 bits per heavy atom.